The molecule has 0 amide bonds. The number of aromatic nitrogens is 2. The van der Waals surface area contributed by atoms with E-state index in [-0.39, 0.29) is 12.4 Å². The third-order valence-electron chi connectivity index (χ3n) is 4.40. The van der Waals surface area contributed by atoms with Crippen LogP contribution in [-0.4, -0.2) is 35.6 Å². The van der Waals surface area contributed by atoms with Crippen molar-refractivity contribution in [1.29, 1.82) is 0 Å². The van der Waals surface area contributed by atoms with Gasteiger partial charge in [0.15, 0.2) is 0 Å². The summed E-state index contributed by atoms with van der Waals surface area (Å²) in [5, 5.41) is 4.52. The van der Waals surface area contributed by atoms with Crippen molar-refractivity contribution < 1.29 is 0 Å². The van der Waals surface area contributed by atoms with Crippen LogP contribution in [0, 0.1) is 0 Å². The molecular formula is C19H21ClN4. The fourth-order valence-electron chi connectivity index (χ4n) is 3.15. The van der Waals surface area contributed by atoms with Crippen LogP contribution < -0.4 is 10.2 Å². The SMILES string of the molecule is C[C@H]1CNCCN1c1nc(-c2ccccc2)c2ccccc2n1.Cl. The van der Waals surface area contributed by atoms with Crippen LogP contribution in [0.25, 0.3) is 22.2 Å². The van der Waals surface area contributed by atoms with E-state index >= 15 is 0 Å². The maximum Gasteiger partial charge on any atom is 0.226 e. The van der Waals surface area contributed by atoms with Gasteiger partial charge in [0.2, 0.25) is 5.95 Å². The van der Waals surface area contributed by atoms with Crippen LogP contribution >= 0.6 is 12.4 Å². The molecule has 1 N–H and O–H groups in total. The van der Waals surface area contributed by atoms with Crippen LogP contribution in [0.1, 0.15) is 6.92 Å². The van der Waals surface area contributed by atoms with Crippen LogP contribution in [0.15, 0.2) is 54.6 Å². The number of para-hydroxylation sites is 1. The number of hydrogen-bond acceptors (Lipinski definition) is 4. The first-order valence-electron chi connectivity index (χ1n) is 8.12. The van der Waals surface area contributed by atoms with E-state index in [4.69, 9.17) is 9.97 Å². The molecular weight excluding hydrogens is 320 g/mol. The number of halogens is 1. The molecule has 1 atom stereocenters. The first kappa shape index (κ1) is 16.7. The average Bonchev–Trinajstić information content (AvgIpc) is 2.62. The Morgan fingerprint density at radius 1 is 1.00 bits per heavy atom. The molecule has 4 rings (SSSR count). The summed E-state index contributed by atoms with van der Waals surface area (Å²) in [6, 6.07) is 19.0. The van der Waals surface area contributed by atoms with Gasteiger partial charge in [-0.25, -0.2) is 9.97 Å². The van der Waals surface area contributed by atoms with Crippen molar-refractivity contribution in [3.05, 3.63) is 54.6 Å². The quantitative estimate of drug-likeness (QED) is 0.775. The molecule has 124 valence electrons. The second-order valence-corrected chi connectivity index (χ2v) is 6.00. The summed E-state index contributed by atoms with van der Waals surface area (Å²) in [5.74, 6) is 0.830. The zero-order chi connectivity index (χ0) is 15.6. The van der Waals surface area contributed by atoms with E-state index in [0.717, 1.165) is 47.7 Å². The maximum atomic E-state index is 4.93. The number of hydrogen-bond donors (Lipinski definition) is 1. The Morgan fingerprint density at radius 3 is 2.54 bits per heavy atom. The number of fused-ring (bicyclic) bond motifs is 1. The zero-order valence-corrected chi connectivity index (χ0v) is 14.5. The summed E-state index contributed by atoms with van der Waals surface area (Å²) in [5.41, 5.74) is 3.15. The molecule has 3 aromatic rings. The fraction of sp³-hybridized carbons (Fsp3) is 0.263. The lowest BCUT2D eigenvalue weighted by Crippen LogP contribution is -2.50. The second kappa shape index (κ2) is 7.16. The summed E-state index contributed by atoms with van der Waals surface area (Å²) in [6.45, 7) is 5.10. The van der Waals surface area contributed by atoms with Crippen LogP contribution in [0.3, 0.4) is 0 Å². The highest BCUT2D eigenvalue weighted by Crippen LogP contribution is 2.28. The van der Waals surface area contributed by atoms with Crippen LogP contribution in [-0.2, 0) is 0 Å². The van der Waals surface area contributed by atoms with E-state index in [1.165, 1.54) is 0 Å². The summed E-state index contributed by atoms with van der Waals surface area (Å²) in [6.07, 6.45) is 0. The summed E-state index contributed by atoms with van der Waals surface area (Å²) < 4.78 is 0. The number of benzene rings is 2. The molecule has 5 heteroatoms. The van der Waals surface area contributed by atoms with Gasteiger partial charge in [-0.15, -0.1) is 12.4 Å². The summed E-state index contributed by atoms with van der Waals surface area (Å²) in [7, 11) is 0. The van der Waals surface area contributed by atoms with Crippen molar-refractivity contribution in [3.8, 4) is 11.3 Å². The van der Waals surface area contributed by atoms with Gasteiger partial charge >= 0.3 is 0 Å². The molecule has 1 aromatic heterocycles. The molecule has 24 heavy (non-hydrogen) atoms. The fourth-order valence-corrected chi connectivity index (χ4v) is 3.15. The molecule has 0 bridgehead atoms. The highest BCUT2D eigenvalue weighted by Gasteiger charge is 2.22. The van der Waals surface area contributed by atoms with E-state index in [1.54, 1.807) is 0 Å². The van der Waals surface area contributed by atoms with Crippen molar-refractivity contribution in [3.63, 3.8) is 0 Å². The van der Waals surface area contributed by atoms with Gasteiger partial charge in [0.05, 0.1) is 11.2 Å². The molecule has 0 radical (unpaired) electrons. The van der Waals surface area contributed by atoms with E-state index < -0.39 is 0 Å². The summed E-state index contributed by atoms with van der Waals surface area (Å²) >= 11 is 0. The van der Waals surface area contributed by atoms with Gasteiger partial charge in [0.25, 0.3) is 0 Å². The lowest BCUT2D eigenvalue weighted by atomic mass is 10.1. The van der Waals surface area contributed by atoms with Gasteiger partial charge in [-0.2, -0.15) is 0 Å². The maximum absolute atomic E-state index is 4.93. The number of anilines is 1. The highest BCUT2D eigenvalue weighted by atomic mass is 35.5. The Morgan fingerprint density at radius 2 is 1.75 bits per heavy atom. The molecule has 1 aliphatic heterocycles. The van der Waals surface area contributed by atoms with Crippen LogP contribution in [0.4, 0.5) is 5.95 Å². The van der Waals surface area contributed by atoms with E-state index in [0.29, 0.717) is 6.04 Å². The van der Waals surface area contributed by atoms with Gasteiger partial charge in [0.1, 0.15) is 0 Å². The monoisotopic (exact) mass is 340 g/mol. The molecule has 1 saturated heterocycles. The molecule has 0 unspecified atom stereocenters. The van der Waals surface area contributed by atoms with Crippen LogP contribution in [0.5, 0.6) is 0 Å². The molecule has 0 aliphatic carbocycles. The van der Waals surface area contributed by atoms with Gasteiger partial charge in [-0.05, 0) is 13.0 Å². The minimum absolute atomic E-state index is 0. The van der Waals surface area contributed by atoms with Crippen LogP contribution in [0.2, 0.25) is 0 Å². The predicted molar refractivity (Wildman–Crippen MR) is 102 cm³/mol. The highest BCUT2D eigenvalue weighted by molar-refractivity contribution is 5.93. The minimum atomic E-state index is 0. The van der Waals surface area contributed by atoms with Crippen molar-refractivity contribution >= 4 is 29.3 Å². The lowest BCUT2D eigenvalue weighted by molar-refractivity contribution is 0.493. The largest absolute Gasteiger partial charge is 0.336 e. The Kier molecular flexibility index (Phi) is 4.97. The van der Waals surface area contributed by atoms with Gasteiger partial charge in [-0.1, -0.05) is 48.5 Å². The number of piperazine rings is 1. The average molecular weight is 341 g/mol. The number of rotatable bonds is 2. The number of nitrogens with zero attached hydrogens (tertiary/aromatic N) is 3. The minimum Gasteiger partial charge on any atom is -0.336 e. The Bertz CT molecular complexity index is 822. The molecule has 1 aliphatic rings. The molecule has 4 nitrogen and oxygen atoms in total. The Labute approximate surface area is 148 Å². The molecule has 0 spiro atoms. The third kappa shape index (κ3) is 3.07. The molecule has 2 heterocycles. The summed E-state index contributed by atoms with van der Waals surface area (Å²) in [4.78, 5) is 12.1. The Balaban J connectivity index is 0.00000169. The molecule has 1 fully saturated rings. The van der Waals surface area contributed by atoms with Gasteiger partial charge in [0, 0.05) is 36.6 Å². The first-order chi connectivity index (χ1) is 11.3. The lowest BCUT2D eigenvalue weighted by Gasteiger charge is -2.34. The normalized spacial score (nSPS) is 17.5. The van der Waals surface area contributed by atoms with Crippen molar-refractivity contribution in [2.24, 2.45) is 0 Å². The van der Waals surface area contributed by atoms with Crippen molar-refractivity contribution in [2.45, 2.75) is 13.0 Å². The molecule has 0 saturated carbocycles. The standard InChI is InChI=1S/C19H20N4.ClH/c1-14-13-20-11-12-23(14)19-21-17-10-6-5-9-16(17)18(22-19)15-7-3-2-4-8-15;/h2-10,14,20H,11-13H2,1H3;1H/t14-;/m0./s1. The first-order valence-corrected chi connectivity index (χ1v) is 8.12. The number of nitrogens with one attached hydrogen (secondary N) is 1. The van der Waals surface area contributed by atoms with Gasteiger partial charge in [-0.3, -0.25) is 0 Å². The third-order valence-corrected chi connectivity index (χ3v) is 4.40. The topological polar surface area (TPSA) is 41.0 Å². The zero-order valence-electron chi connectivity index (χ0n) is 13.6. The molecule has 2 aromatic carbocycles. The second-order valence-electron chi connectivity index (χ2n) is 6.00. The van der Waals surface area contributed by atoms with E-state index in [1.807, 2.05) is 18.2 Å². The van der Waals surface area contributed by atoms with E-state index in [9.17, 15) is 0 Å². The van der Waals surface area contributed by atoms with Crippen molar-refractivity contribution in [2.75, 3.05) is 24.5 Å². The smallest absolute Gasteiger partial charge is 0.226 e. The predicted octanol–water partition coefficient (Wildman–Crippen LogP) is 3.52. The van der Waals surface area contributed by atoms with E-state index in [2.05, 4.69) is 53.5 Å². The van der Waals surface area contributed by atoms with Gasteiger partial charge < -0.3 is 10.2 Å². The Hall–Kier alpha value is -2.17. The van der Waals surface area contributed by atoms with Crippen molar-refractivity contribution in [1.82, 2.24) is 15.3 Å².